The summed E-state index contributed by atoms with van der Waals surface area (Å²) in [5, 5.41) is 2.55. The molecule has 1 aromatic carbocycles. The normalized spacial score (nSPS) is 11.2. The van der Waals surface area contributed by atoms with Gasteiger partial charge in [-0.1, -0.05) is 30.3 Å². The quantitative estimate of drug-likeness (QED) is 0.936. The van der Waals surface area contributed by atoms with Gasteiger partial charge in [-0.25, -0.2) is 4.98 Å². The van der Waals surface area contributed by atoms with Crippen LogP contribution in [0.2, 0.25) is 0 Å². The van der Waals surface area contributed by atoms with Gasteiger partial charge in [0.25, 0.3) is 0 Å². The van der Waals surface area contributed by atoms with Crippen LogP contribution in [-0.2, 0) is 12.8 Å². The first-order valence-electron chi connectivity index (χ1n) is 5.80. The molecule has 0 amide bonds. The van der Waals surface area contributed by atoms with E-state index < -0.39 is 12.0 Å². The molecule has 0 aliphatic carbocycles. The highest BCUT2D eigenvalue weighted by atomic mass is 19.4. The first kappa shape index (κ1) is 14.1. The molecule has 7 heteroatoms. The fourth-order valence-electron chi connectivity index (χ4n) is 1.49. The smallest absolute Gasteiger partial charge is 0.451 e. The third kappa shape index (κ3) is 3.59. The molecular weight excluding hydrogens is 271 g/mol. The number of rotatable bonds is 4. The third-order valence-electron chi connectivity index (χ3n) is 2.44. The summed E-state index contributed by atoms with van der Waals surface area (Å²) < 4.78 is 43.2. The summed E-state index contributed by atoms with van der Waals surface area (Å²) in [6, 6.07) is 10.4. The predicted octanol–water partition coefficient (Wildman–Crippen LogP) is 3.12. The molecule has 0 fully saturated rings. The molecule has 20 heavy (non-hydrogen) atoms. The summed E-state index contributed by atoms with van der Waals surface area (Å²) in [5.41, 5.74) is 0.839. The van der Waals surface area contributed by atoms with E-state index >= 15 is 0 Å². The van der Waals surface area contributed by atoms with Gasteiger partial charge in [0.1, 0.15) is 12.4 Å². The maximum atomic E-state index is 12.6. The van der Waals surface area contributed by atoms with Crippen molar-refractivity contribution in [3.63, 3.8) is 0 Å². The fraction of sp³-hybridized carbons (Fsp3) is 0.231. The van der Waals surface area contributed by atoms with E-state index in [4.69, 9.17) is 4.74 Å². The molecule has 0 unspecified atom stereocenters. The fourth-order valence-corrected chi connectivity index (χ4v) is 1.49. The van der Waals surface area contributed by atoms with E-state index in [1.54, 1.807) is 0 Å². The first-order valence-corrected chi connectivity index (χ1v) is 5.80. The van der Waals surface area contributed by atoms with Crippen LogP contribution < -0.4 is 10.1 Å². The number of anilines is 1. The van der Waals surface area contributed by atoms with E-state index in [0.29, 0.717) is 0 Å². The predicted molar refractivity (Wildman–Crippen MR) is 67.4 cm³/mol. The number of nitrogens with one attached hydrogen (secondary N) is 1. The molecule has 0 radical (unpaired) electrons. The van der Waals surface area contributed by atoms with E-state index in [1.165, 1.54) is 13.1 Å². The first-order chi connectivity index (χ1) is 9.49. The topological polar surface area (TPSA) is 47.0 Å². The van der Waals surface area contributed by atoms with Gasteiger partial charge in [-0.05, 0) is 5.56 Å². The average molecular weight is 283 g/mol. The minimum Gasteiger partial charge on any atom is -0.473 e. The minimum absolute atomic E-state index is 0.0513. The lowest BCUT2D eigenvalue weighted by molar-refractivity contribution is -0.145. The second-order valence-electron chi connectivity index (χ2n) is 3.94. The molecule has 1 N–H and O–H groups in total. The van der Waals surface area contributed by atoms with Crippen molar-refractivity contribution in [2.75, 3.05) is 12.4 Å². The number of aromatic nitrogens is 2. The summed E-state index contributed by atoms with van der Waals surface area (Å²) in [4.78, 5) is 6.72. The van der Waals surface area contributed by atoms with Crippen LogP contribution >= 0.6 is 0 Å². The van der Waals surface area contributed by atoms with Crippen molar-refractivity contribution in [1.29, 1.82) is 0 Å². The van der Waals surface area contributed by atoms with Crippen molar-refractivity contribution in [3.05, 3.63) is 47.8 Å². The number of halogens is 3. The zero-order valence-corrected chi connectivity index (χ0v) is 10.6. The molecule has 0 atom stereocenters. The highest BCUT2D eigenvalue weighted by Gasteiger charge is 2.35. The molecule has 106 valence electrons. The molecule has 4 nitrogen and oxygen atoms in total. The van der Waals surface area contributed by atoms with Crippen LogP contribution in [0.4, 0.5) is 19.0 Å². The Balaban J connectivity index is 2.19. The molecule has 1 heterocycles. The Morgan fingerprint density at radius 2 is 1.85 bits per heavy atom. The summed E-state index contributed by atoms with van der Waals surface area (Å²) in [6.45, 7) is 0.137. The Morgan fingerprint density at radius 1 is 1.15 bits per heavy atom. The van der Waals surface area contributed by atoms with Crippen molar-refractivity contribution >= 4 is 5.82 Å². The van der Waals surface area contributed by atoms with Gasteiger partial charge in [0.05, 0.1) is 0 Å². The van der Waals surface area contributed by atoms with Gasteiger partial charge in [0.2, 0.25) is 11.7 Å². The number of hydrogen-bond donors (Lipinski definition) is 1. The maximum Gasteiger partial charge on any atom is 0.451 e. The summed E-state index contributed by atoms with van der Waals surface area (Å²) >= 11 is 0. The van der Waals surface area contributed by atoms with Gasteiger partial charge in [-0.15, -0.1) is 0 Å². The minimum atomic E-state index is -4.61. The Morgan fingerprint density at radius 3 is 2.45 bits per heavy atom. The van der Waals surface area contributed by atoms with Crippen LogP contribution in [0.25, 0.3) is 0 Å². The second kappa shape index (κ2) is 5.77. The van der Waals surface area contributed by atoms with Crippen LogP contribution in [0.5, 0.6) is 5.88 Å². The van der Waals surface area contributed by atoms with Crippen molar-refractivity contribution in [1.82, 2.24) is 9.97 Å². The van der Waals surface area contributed by atoms with Gasteiger partial charge < -0.3 is 10.1 Å². The molecule has 1 aromatic heterocycles. The number of ether oxygens (including phenoxy) is 1. The molecule has 2 aromatic rings. The van der Waals surface area contributed by atoms with Crippen LogP contribution in [0.15, 0.2) is 36.4 Å². The largest absolute Gasteiger partial charge is 0.473 e. The van der Waals surface area contributed by atoms with Gasteiger partial charge in [-0.3, -0.25) is 0 Å². The number of alkyl halides is 3. The number of benzene rings is 1. The Hall–Kier alpha value is -2.31. The van der Waals surface area contributed by atoms with Crippen molar-refractivity contribution in [2.24, 2.45) is 0 Å². The lowest BCUT2D eigenvalue weighted by atomic mass is 10.2. The SMILES string of the molecule is CNc1cc(OCc2ccccc2)nc(C(F)(F)F)n1. The van der Waals surface area contributed by atoms with Gasteiger partial charge >= 0.3 is 6.18 Å². The summed E-state index contributed by atoms with van der Waals surface area (Å²) in [7, 11) is 1.48. The second-order valence-corrected chi connectivity index (χ2v) is 3.94. The van der Waals surface area contributed by atoms with Crippen LogP contribution in [-0.4, -0.2) is 17.0 Å². The van der Waals surface area contributed by atoms with Gasteiger partial charge in [0.15, 0.2) is 0 Å². The van der Waals surface area contributed by atoms with Crippen molar-refractivity contribution in [3.8, 4) is 5.88 Å². The third-order valence-corrected chi connectivity index (χ3v) is 2.44. The molecule has 0 aliphatic heterocycles. The van der Waals surface area contributed by atoms with Crippen LogP contribution in [0.3, 0.4) is 0 Å². The zero-order valence-electron chi connectivity index (χ0n) is 10.6. The lowest BCUT2D eigenvalue weighted by Crippen LogP contribution is -2.13. The summed E-state index contributed by atoms with van der Waals surface area (Å²) in [5.74, 6) is -1.30. The number of nitrogens with zero attached hydrogens (tertiary/aromatic N) is 2. The van der Waals surface area contributed by atoms with E-state index in [2.05, 4.69) is 15.3 Å². The molecule has 0 bridgehead atoms. The highest BCUT2D eigenvalue weighted by Crippen LogP contribution is 2.28. The molecule has 0 saturated carbocycles. The molecule has 2 rings (SSSR count). The van der Waals surface area contributed by atoms with Crippen LogP contribution in [0.1, 0.15) is 11.4 Å². The molecular formula is C13H12F3N3O. The molecule has 0 spiro atoms. The Bertz CT molecular complexity index is 573. The van der Waals surface area contributed by atoms with Gasteiger partial charge in [-0.2, -0.15) is 18.2 Å². The van der Waals surface area contributed by atoms with E-state index in [9.17, 15) is 13.2 Å². The standard InChI is InChI=1S/C13H12F3N3O/c1-17-10-7-11(19-12(18-10)13(14,15)16)20-8-9-5-3-2-4-6-9/h2-7H,8H2,1H3,(H,17,18,19). The molecule has 0 aliphatic rings. The molecule has 0 saturated heterocycles. The number of hydrogen-bond acceptors (Lipinski definition) is 4. The van der Waals surface area contributed by atoms with E-state index in [1.807, 2.05) is 30.3 Å². The van der Waals surface area contributed by atoms with E-state index in [-0.39, 0.29) is 18.3 Å². The highest BCUT2D eigenvalue weighted by molar-refractivity contribution is 5.38. The van der Waals surface area contributed by atoms with Gasteiger partial charge in [0, 0.05) is 13.1 Å². The lowest BCUT2D eigenvalue weighted by Gasteiger charge is -2.11. The Kier molecular flexibility index (Phi) is 4.07. The monoisotopic (exact) mass is 283 g/mol. The van der Waals surface area contributed by atoms with Crippen molar-refractivity contribution in [2.45, 2.75) is 12.8 Å². The van der Waals surface area contributed by atoms with Crippen molar-refractivity contribution < 1.29 is 17.9 Å². The Labute approximate surface area is 113 Å². The zero-order chi connectivity index (χ0) is 14.6. The van der Waals surface area contributed by atoms with E-state index in [0.717, 1.165) is 5.56 Å². The summed E-state index contributed by atoms with van der Waals surface area (Å²) in [6.07, 6.45) is -4.61. The van der Waals surface area contributed by atoms with Crippen LogP contribution in [0, 0.1) is 0 Å². The average Bonchev–Trinajstić information content (AvgIpc) is 2.45. The maximum absolute atomic E-state index is 12.6.